The zero-order valence-corrected chi connectivity index (χ0v) is 20.4. The normalized spacial score (nSPS) is 19.5. The van der Waals surface area contributed by atoms with E-state index in [0.717, 1.165) is 12.8 Å². The van der Waals surface area contributed by atoms with E-state index in [1.807, 2.05) is 0 Å². The van der Waals surface area contributed by atoms with Crippen molar-refractivity contribution in [3.8, 4) is 0 Å². The molecule has 1 aliphatic carbocycles. The molecule has 2 N–H and O–H groups in total. The summed E-state index contributed by atoms with van der Waals surface area (Å²) in [4.78, 5) is 12.5. The zero-order chi connectivity index (χ0) is 24.2. The molecule has 2 aromatic rings. The molecule has 6 nitrogen and oxygen atoms in total. The number of carbonyl (C=O) groups excluding carboxylic acids is 1. The number of hydrogen-bond acceptors (Lipinski definition) is 4. The van der Waals surface area contributed by atoms with Gasteiger partial charge in [-0.1, -0.05) is 36.6 Å². The maximum Gasteiger partial charge on any atom is 0.251 e. The minimum atomic E-state index is -3.97. The van der Waals surface area contributed by atoms with Crippen LogP contribution >= 0.6 is 11.6 Å². The fourth-order valence-corrected chi connectivity index (χ4v) is 5.66. The molecule has 1 amide bonds. The number of alkyl halides is 1. The maximum atomic E-state index is 14.9. The molecular weight excluding hydrogens is 467 g/mol. The average molecular weight is 497 g/mol. The molecule has 2 unspecified atom stereocenters. The first-order chi connectivity index (χ1) is 15.5. The van der Waals surface area contributed by atoms with Crippen molar-refractivity contribution in [2.75, 3.05) is 6.61 Å². The monoisotopic (exact) mass is 496 g/mol. The number of carbonyl (C=O) groups is 1. The molecule has 2 atom stereocenters. The Labute approximate surface area is 199 Å². The third-order valence-electron chi connectivity index (χ3n) is 5.84. The summed E-state index contributed by atoms with van der Waals surface area (Å²) in [6.45, 7) is 3.19. The Balaban J connectivity index is 1.87. The van der Waals surface area contributed by atoms with Gasteiger partial charge in [0, 0.05) is 17.1 Å². The minimum Gasteiger partial charge on any atom is -0.394 e. The molecule has 0 aromatic heterocycles. The average Bonchev–Trinajstić information content (AvgIpc) is 2.78. The van der Waals surface area contributed by atoms with Crippen molar-refractivity contribution in [3.63, 3.8) is 0 Å². The van der Waals surface area contributed by atoms with Crippen LogP contribution < -0.4 is 5.32 Å². The highest BCUT2D eigenvalue weighted by atomic mass is 35.5. The summed E-state index contributed by atoms with van der Waals surface area (Å²) >= 11 is 5.92. The lowest BCUT2D eigenvalue weighted by Crippen LogP contribution is -2.46. The highest BCUT2D eigenvalue weighted by molar-refractivity contribution is 7.89. The van der Waals surface area contributed by atoms with Crippen LogP contribution in [-0.2, 0) is 16.6 Å². The van der Waals surface area contributed by atoms with Crippen LogP contribution in [0.3, 0.4) is 0 Å². The van der Waals surface area contributed by atoms with Gasteiger partial charge in [-0.15, -0.1) is 0 Å². The summed E-state index contributed by atoms with van der Waals surface area (Å²) in [5, 5.41) is 12.5. The Bertz CT molecular complexity index is 1060. The molecule has 180 valence electrons. The van der Waals surface area contributed by atoms with E-state index in [9.17, 15) is 22.7 Å². The first kappa shape index (κ1) is 25.6. The van der Waals surface area contributed by atoms with Crippen LogP contribution in [-0.4, -0.2) is 48.1 Å². The number of rotatable bonds is 8. The lowest BCUT2D eigenvalue weighted by Gasteiger charge is -2.35. The third kappa shape index (κ3) is 6.32. The topological polar surface area (TPSA) is 86.7 Å². The lowest BCUT2D eigenvalue weighted by atomic mass is 9.93. The van der Waals surface area contributed by atoms with E-state index in [1.54, 1.807) is 38.1 Å². The van der Waals surface area contributed by atoms with Crippen LogP contribution in [0.2, 0.25) is 5.02 Å². The number of aliphatic hydroxyl groups is 1. The largest absolute Gasteiger partial charge is 0.394 e. The summed E-state index contributed by atoms with van der Waals surface area (Å²) in [6, 6.07) is 11.6. The smallest absolute Gasteiger partial charge is 0.251 e. The van der Waals surface area contributed by atoms with Gasteiger partial charge >= 0.3 is 0 Å². The molecule has 3 rings (SSSR count). The molecule has 9 heteroatoms. The fraction of sp³-hybridized carbons (Fsp3) is 0.458. The van der Waals surface area contributed by atoms with Crippen molar-refractivity contribution in [2.45, 2.75) is 68.7 Å². The van der Waals surface area contributed by atoms with Crippen molar-refractivity contribution in [3.05, 3.63) is 64.7 Å². The number of hydrogen-bond donors (Lipinski definition) is 2. The summed E-state index contributed by atoms with van der Waals surface area (Å²) < 4.78 is 43.1. The predicted molar refractivity (Wildman–Crippen MR) is 126 cm³/mol. The van der Waals surface area contributed by atoms with E-state index in [0.29, 0.717) is 29.0 Å². The van der Waals surface area contributed by atoms with Gasteiger partial charge in [-0.25, -0.2) is 12.8 Å². The van der Waals surface area contributed by atoms with Crippen LogP contribution in [0.4, 0.5) is 4.39 Å². The second-order valence-electron chi connectivity index (χ2n) is 9.07. The molecule has 1 fully saturated rings. The summed E-state index contributed by atoms with van der Waals surface area (Å²) in [5.74, 6) is -0.345. The van der Waals surface area contributed by atoms with Crippen LogP contribution in [0.25, 0.3) is 0 Å². The van der Waals surface area contributed by atoms with Crippen molar-refractivity contribution in [1.29, 1.82) is 0 Å². The maximum absolute atomic E-state index is 14.9. The number of sulfonamides is 1. The van der Waals surface area contributed by atoms with Gasteiger partial charge in [-0.3, -0.25) is 4.79 Å². The minimum absolute atomic E-state index is 0.0138. The predicted octanol–water partition coefficient (Wildman–Crippen LogP) is 4.31. The number of amides is 1. The van der Waals surface area contributed by atoms with E-state index in [2.05, 4.69) is 5.32 Å². The van der Waals surface area contributed by atoms with Gasteiger partial charge in [0.25, 0.3) is 5.91 Å². The zero-order valence-electron chi connectivity index (χ0n) is 18.8. The fourth-order valence-electron chi connectivity index (χ4n) is 3.87. The third-order valence-corrected chi connectivity index (χ3v) is 7.98. The summed E-state index contributed by atoms with van der Waals surface area (Å²) in [5.41, 5.74) is 0.257. The van der Waals surface area contributed by atoms with Crippen LogP contribution in [0.1, 0.15) is 55.5 Å². The second-order valence-corrected chi connectivity index (χ2v) is 11.4. The Kier molecular flexibility index (Phi) is 8.16. The summed E-state index contributed by atoms with van der Waals surface area (Å²) in [7, 11) is -3.97. The highest BCUT2D eigenvalue weighted by Gasteiger charge is 2.38. The van der Waals surface area contributed by atoms with Gasteiger partial charge in [0.2, 0.25) is 10.0 Å². The first-order valence-electron chi connectivity index (χ1n) is 11.0. The van der Waals surface area contributed by atoms with Crippen molar-refractivity contribution < 1.29 is 22.7 Å². The first-order valence-corrected chi connectivity index (χ1v) is 12.8. The van der Waals surface area contributed by atoms with E-state index >= 15 is 0 Å². The molecule has 2 aromatic carbocycles. The lowest BCUT2D eigenvalue weighted by molar-refractivity contribution is 0.0869. The molecule has 0 radical (unpaired) electrons. The van der Waals surface area contributed by atoms with E-state index in [-0.39, 0.29) is 24.0 Å². The Morgan fingerprint density at radius 1 is 1.12 bits per heavy atom. The van der Waals surface area contributed by atoms with Gasteiger partial charge < -0.3 is 10.4 Å². The number of aliphatic hydroxyl groups excluding tert-OH is 1. The van der Waals surface area contributed by atoms with Crippen molar-refractivity contribution in [2.24, 2.45) is 0 Å². The molecule has 0 heterocycles. The standard InChI is InChI=1S/C24H30ClFN2O4S/c1-24(2,16-29)27-23(30)18-9-7-17(8-10-18)15-28(22-6-4-3-5-21(22)26)33(31,32)20-13-11-19(25)12-14-20/h7-14,21-22,29H,3-6,15-16H2,1-2H3,(H,27,30). The number of nitrogens with one attached hydrogen (secondary N) is 1. The Morgan fingerprint density at radius 2 is 1.73 bits per heavy atom. The Morgan fingerprint density at radius 3 is 2.30 bits per heavy atom. The highest BCUT2D eigenvalue weighted by Crippen LogP contribution is 2.32. The molecule has 0 aliphatic heterocycles. The van der Waals surface area contributed by atoms with Crippen LogP contribution in [0, 0.1) is 0 Å². The molecular formula is C24H30ClFN2O4S. The van der Waals surface area contributed by atoms with Gasteiger partial charge in [0.15, 0.2) is 0 Å². The van der Waals surface area contributed by atoms with Crippen LogP contribution in [0.15, 0.2) is 53.4 Å². The second kappa shape index (κ2) is 10.5. The quantitative estimate of drug-likeness (QED) is 0.570. The molecule has 33 heavy (non-hydrogen) atoms. The molecule has 0 saturated heterocycles. The van der Waals surface area contributed by atoms with Gasteiger partial charge in [-0.05, 0) is 68.7 Å². The molecule has 1 saturated carbocycles. The van der Waals surface area contributed by atoms with Gasteiger partial charge in [0.05, 0.1) is 23.1 Å². The SMILES string of the molecule is CC(C)(CO)NC(=O)c1ccc(CN(C2CCCCC2F)S(=O)(=O)c2ccc(Cl)cc2)cc1. The molecule has 1 aliphatic rings. The van der Waals surface area contributed by atoms with Crippen molar-refractivity contribution >= 4 is 27.5 Å². The van der Waals surface area contributed by atoms with Crippen LogP contribution in [0.5, 0.6) is 0 Å². The summed E-state index contributed by atoms with van der Waals surface area (Å²) in [6.07, 6.45) is 1.03. The van der Waals surface area contributed by atoms with Gasteiger partial charge in [0.1, 0.15) is 6.17 Å². The van der Waals surface area contributed by atoms with Gasteiger partial charge in [-0.2, -0.15) is 4.31 Å². The molecule has 0 spiro atoms. The number of benzene rings is 2. The number of nitrogens with zero attached hydrogens (tertiary/aromatic N) is 1. The van der Waals surface area contributed by atoms with E-state index in [1.165, 1.54) is 28.6 Å². The van der Waals surface area contributed by atoms with E-state index in [4.69, 9.17) is 11.6 Å². The Hall–Kier alpha value is -2.00. The van der Waals surface area contributed by atoms with Crippen molar-refractivity contribution in [1.82, 2.24) is 9.62 Å². The number of halogens is 2. The van der Waals surface area contributed by atoms with E-state index < -0.39 is 27.8 Å². The molecule has 0 bridgehead atoms.